The lowest BCUT2D eigenvalue weighted by Gasteiger charge is -2.04. The van der Waals surface area contributed by atoms with Gasteiger partial charge >= 0.3 is 5.69 Å². The van der Waals surface area contributed by atoms with Crippen LogP contribution >= 0.6 is 12.4 Å². The molecule has 4 aromatic rings. The van der Waals surface area contributed by atoms with E-state index >= 15 is 0 Å². The van der Waals surface area contributed by atoms with Crippen LogP contribution in [0.5, 0.6) is 0 Å². The van der Waals surface area contributed by atoms with Gasteiger partial charge in [0, 0.05) is 17.6 Å². The Morgan fingerprint density at radius 3 is 2.42 bits per heavy atom. The molecular formula is C19H18ClN5O. The van der Waals surface area contributed by atoms with Crippen molar-refractivity contribution >= 4 is 34.9 Å². The van der Waals surface area contributed by atoms with Crippen LogP contribution in [0.3, 0.4) is 0 Å². The molecule has 0 saturated carbocycles. The molecule has 0 saturated heterocycles. The van der Waals surface area contributed by atoms with E-state index in [4.69, 9.17) is 11.5 Å². The van der Waals surface area contributed by atoms with Crippen LogP contribution in [-0.2, 0) is 6.54 Å². The van der Waals surface area contributed by atoms with Gasteiger partial charge in [-0.2, -0.15) is 0 Å². The fraction of sp³-hybridized carbons (Fsp3) is 0.0526. The predicted octanol–water partition coefficient (Wildman–Crippen LogP) is 2.82. The molecule has 0 atom stereocenters. The Morgan fingerprint density at radius 2 is 1.69 bits per heavy atom. The van der Waals surface area contributed by atoms with E-state index in [1.54, 1.807) is 27.5 Å². The maximum Gasteiger partial charge on any atom is 0.335 e. The number of nitrogen functional groups attached to an aromatic ring is 2. The lowest BCUT2D eigenvalue weighted by molar-refractivity contribution is 0.763. The van der Waals surface area contributed by atoms with E-state index in [1.807, 2.05) is 48.5 Å². The summed E-state index contributed by atoms with van der Waals surface area (Å²) in [5.41, 5.74) is 15.8. The minimum atomic E-state index is -0.156. The van der Waals surface area contributed by atoms with Crippen LogP contribution in [0.25, 0.3) is 16.9 Å². The van der Waals surface area contributed by atoms with E-state index in [1.165, 1.54) is 0 Å². The Hall–Kier alpha value is -3.25. The van der Waals surface area contributed by atoms with Gasteiger partial charge in [-0.05, 0) is 48.0 Å². The highest BCUT2D eigenvalue weighted by molar-refractivity contribution is 5.85. The zero-order valence-corrected chi connectivity index (χ0v) is 14.7. The van der Waals surface area contributed by atoms with Gasteiger partial charge in [-0.15, -0.1) is 12.4 Å². The van der Waals surface area contributed by atoms with Crippen LogP contribution in [0.1, 0.15) is 5.56 Å². The Balaban J connectivity index is 0.00000196. The van der Waals surface area contributed by atoms with Crippen LogP contribution in [0, 0.1) is 0 Å². The monoisotopic (exact) mass is 367 g/mol. The molecule has 2 aromatic heterocycles. The Labute approximate surface area is 156 Å². The third-order valence-electron chi connectivity index (χ3n) is 4.14. The highest BCUT2D eigenvalue weighted by Crippen LogP contribution is 2.18. The van der Waals surface area contributed by atoms with Gasteiger partial charge in [0.25, 0.3) is 0 Å². The minimum Gasteiger partial charge on any atom is -0.399 e. The number of rotatable bonds is 3. The van der Waals surface area contributed by atoms with Crippen molar-refractivity contribution in [2.45, 2.75) is 6.54 Å². The number of anilines is 2. The SMILES string of the molecule is Cl.Nc1ccc(Cn2c(=O)n(-c3cccc(N)c3)c3ncccc32)cc1. The summed E-state index contributed by atoms with van der Waals surface area (Å²) < 4.78 is 3.29. The molecule has 7 heteroatoms. The number of benzene rings is 2. The molecule has 0 radical (unpaired) electrons. The first-order valence-electron chi connectivity index (χ1n) is 7.90. The van der Waals surface area contributed by atoms with E-state index in [0.717, 1.165) is 11.1 Å². The summed E-state index contributed by atoms with van der Waals surface area (Å²) in [6, 6.07) is 18.4. The average Bonchev–Trinajstić information content (AvgIpc) is 2.89. The Kier molecular flexibility index (Phi) is 4.69. The van der Waals surface area contributed by atoms with Crippen LogP contribution in [0.15, 0.2) is 71.7 Å². The summed E-state index contributed by atoms with van der Waals surface area (Å²) in [6.07, 6.45) is 1.68. The van der Waals surface area contributed by atoms with Gasteiger partial charge in [0.15, 0.2) is 5.65 Å². The first-order chi connectivity index (χ1) is 12.1. The van der Waals surface area contributed by atoms with Crippen LogP contribution < -0.4 is 17.2 Å². The summed E-state index contributed by atoms with van der Waals surface area (Å²) in [4.78, 5) is 17.5. The molecular weight excluding hydrogens is 350 g/mol. The smallest absolute Gasteiger partial charge is 0.335 e. The Morgan fingerprint density at radius 1 is 0.923 bits per heavy atom. The van der Waals surface area contributed by atoms with Crippen molar-refractivity contribution in [2.24, 2.45) is 0 Å². The molecule has 2 aromatic carbocycles. The van der Waals surface area contributed by atoms with Crippen LogP contribution in [0.2, 0.25) is 0 Å². The second kappa shape index (κ2) is 6.93. The molecule has 132 valence electrons. The molecule has 26 heavy (non-hydrogen) atoms. The molecule has 6 nitrogen and oxygen atoms in total. The summed E-state index contributed by atoms with van der Waals surface area (Å²) in [6.45, 7) is 0.441. The lowest BCUT2D eigenvalue weighted by Crippen LogP contribution is -2.23. The van der Waals surface area contributed by atoms with Crippen molar-refractivity contribution in [1.82, 2.24) is 14.1 Å². The molecule has 0 bridgehead atoms. The highest BCUT2D eigenvalue weighted by atomic mass is 35.5. The van der Waals surface area contributed by atoms with Crippen molar-refractivity contribution in [3.8, 4) is 5.69 Å². The summed E-state index contributed by atoms with van der Waals surface area (Å²) >= 11 is 0. The van der Waals surface area contributed by atoms with E-state index in [2.05, 4.69) is 4.98 Å². The summed E-state index contributed by atoms with van der Waals surface area (Å²) in [5.74, 6) is 0. The van der Waals surface area contributed by atoms with E-state index in [0.29, 0.717) is 29.3 Å². The molecule has 4 rings (SSSR count). The minimum absolute atomic E-state index is 0. The molecule has 0 unspecified atom stereocenters. The number of hydrogen-bond acceptors (Lipinski definition) is 4. The topological polar surface area (TPSA) is 91.9 Å². The largest absolute Gasteiger partial charge is 0.399 e. The number of fused-ring (bicyclic) bond motifs is 1. The first-order valence-corrected chi connectivity index (χ1v) is 7.90. The van der Waals surface area contributed by atoms with Crippen molar-refractivity contribution in [1.29, 1.82) is 0 Å². The number of nitrogens with two attached hydrogens (primary N) is 2. The van der Waals surface area contributed by atoms with Crippen molar-refractivity contribution in [2.75, 3.05) is 11.5 Å². The van der Waals surface area contributed by atoms with Gasteiger partial charge in [-0.25, -0.2) is 14.3 Å². The fourth-order valence-electron chi connectivity index (χ4n) is 2.94. The zero-order chi connectivity index (χ0) is 17.4. The second-order valence-electron chi connectivity index (χ2n) is 5.89. The third-order valence-corrected chi connectivity index (χ3v) is 4.14. The van der Waals surface area contributed by atoms with E-state index in [-0.39, 0.29) is 18.1 Å². The van der Waals surface area contributed by atoms with Gasteiger partial charge in [-0.1, -0.05) is 18.2 Å². The molecule has 0 amide bonds. The number of halogens is 1. The highest BCUT2D eigenvalue weighted by Gasteiger charge is 2.15. The molecule has 0 aliphatic carbocycles. The zero-order valence-electron chi connectivity index (χ0n) is 13.9. The molecule has 2 heterocycles. The van der Waals surface area contributed by atoms with E-state index < -0.39 is 0 Å². The molecule has 0 aliphatic rings. The average molecular weight is 368 g/mol. The summed E-state index contributed by atoms with van der Waals surface area (Å²) in [7, 11) is 0. The van der Waals surface area contributed by atoms with Crippen molar-refractivity contribution in [3.63, 3.8) is 0 Å². The number of pyridine rings is 1. The van der Waals surface area contributed by atoms with Crippen LogP contribution in [-0.4, -0.2) is 14.1 Å². The Bertz CT molecular complexity index is 1110. The number of imidazole rings is 1. The maximum atomic E-state index is 13.1. The second-order valence-corrected chi connectivity index (χ2v) is 5.89. The van der Waals surface area contributed by atoms with Gasteiger partial charge in [0.1, 0.15) is 0 Å². The van der Waals surface area contributed by atoms with Crippen LogP contribution in [0.4, 0.5) is 11.4 Å². The molecule has 0 aliphatic heterocycles. The fourth-order valence-corrected chi connectivity index (χ4v) is 2.94. The van der Waals surface area contributed by atoms with Crippen molar-refractivity contribution < 1.29 is 0 Å². The lowest BCUT2D eigenvalue weighted by atomic mass is 10.2. The number of hydrogen-bond donors (Lipinski definition) is 2. The molecule has 0 spiro atoms. The van der Waals surface area contributed by atoms with Gasteiger partial charge in [-0.3, -0.25) is 4.57 Å². The van der Waals surface area contributed by atoms with Gasteiger partial charge in [0.05, 0.1) is 17.7 Å². The predicted molar refractivity (Wildman–Crippen MR) is 107 cm³/mol. The quantitative estimate of drug-likeness (QED) is 0.544. The maximum absolute atomic E-state index is 13.1. The first kappa shape index (κ1) is 17.6. The third kappa shape index (κ3) is 3.02. The van der Waals surface area contributed by atoms with Crippen molar-refractivity contribution in [3.05, 3.63) is 82.9 Å². The number of nitrogens with zero attached hydrogens (tertiary/aromatic N) is 3. The molecule has 4 N–H and O–H groups in total. The summed E-state index contributed by atoms with van der Waals surface area (Å²) in [5, 5.41) is 0. The normalized spacial score (nSPS) is 10.6. The van der Waals surface area contributed by atoms with Gasteiger partial charge < -0.3 is 11.5 Å². The van der Waals surface area contributed by atoms with Gasteiger partial charge in [0.2, 0.25) is 0 Å². The molecule has 0 fully saturated rings. The number of aromatic nitrogens is 3. The van der Waals surface area contributed by atoms with E-state index in [9.17, 15) is 4.79 Å². The standard InChI is InChI=1S/C19H17N5O.ClH/c20-14-8-6-13(7-9-14)12-23-17-5-2-10-22-18(17)24(19(23)25)16-4-1-3-15(21)11-16;/h1-11H,12,20-21H2;1H.